The molecule has 0 atom stereocenters. The molecule has 2 rings (SSSR count). The molecule has 1 aromatic carbocycles. The van der Waals surface area contributed by atoms with Crippen molar-refractivity contribution >= 4 is 17.7 Å². The number of carbonyl (C=O) groups is 1. The molecule has 4 nitrogen and oxygen atoms in total. The topological polar surface area (TPSA) is 48.4 Å². The molecule has 134 valence electrons. The third kappa shape index (κ3) is 5.14. The highest BCUT2D eigenvalue weighted by Gasteiger charge is 2.14. The molecule has 0 amide bonds. The largest absolute Gasteiger partial charge is 0.490 e. The maximum atomic E-state index is 11.9. The lowest BCUT2D eigenvalue weighted by atomic mass is 10.0. The van der Waals surface area contributed by atoms with Crippen LogP contribution in [0.2, 0.25) is 0 Å². The van der Waals surface area contributed by atoms with Crippen molar-refractivity contribution in [3.63, 3.8) is 0 Å². The Balaban J connectivity index is 2.16. The molecular weight excluding hydrogens is 346 g/mol. The van der Waals surface area contributed by atoms with Gasteiger partial charge < -0.3 is 9.47 Å². The number of carbonyl (C=O) groups excluding carboxylic acids is 1. The Morgan fingerprint density at radius 3 is 2.69 bits per heavy atom. The molecule has 1 heterocycles. The van der Waals surface area contributed by atoms with Gasteiger partial charge in [0.1, 0.15) is 18.5 Å². The minimum Gasteiger partial charge on any atom is -0.490 e. The molecule has 0 unspecified atom stereocenters. The molecule has 0 aliphatic rings. The fourth-order valence-electron chi connectivity index (χ4n) is 2.30. The van der Waals surface area contributed by atoms with Crippen molar-refractivity contribution in [1.29, 1.82) is 0 Å². The maximum Gasteiger partial charge on any atom is 0.353 e. The number of allylic oxidation sites excluding steroid dienone is 1. The van der Waals surface area contributed by atoms with E-state index in [2.05, 4.69) is 16.6 Å². The molecule has 0 saturated heterocycles. The Morgan fingerprint density at radius 2 is 2.08 bits per heavy atom. The smallest absolute Gasteiger partial charge is 0.353 e. The van der Waals surface area contributed by atoms with Crippen LogP contribution in [0.3, 0.4) is 0 Å². The van der Waals surface area contributed by atoms with Gasteiger partial charge in [-0.05, 0) is 66.5 Å². The van der Waals surface area contributed by atoms with E-state index in [1.807, 2.05) is 55.7 Å². The summed E-state index contributed by atoms with van der Waals surface area (Å²) in [5.41, 5.74) is 2.96. The van der Waals surface area contributed by atoms with E-state index in [0.29, 0.717) is 18.6 Å². The number of ether oxygens (including phenoxy) is 2. The molecule has 0 aliphatic carbocycles. The van der Waals surface area contributed by atoms with Crippen LogP contribution in [0, 0.1) is 12.5 Å². The molecule has 1 aromatic heterocycles. The Labute approximate surface area is 158 Å². The van der Waals surface area contributed by atoms with Gasteiger partial charge in [-0.15, -0.1) is 11.8 Å². The van der Waals surface area contributed by atoms with Crippen molar-refractivity contribution in [3.8, 4) is 29.5 Å². The van der Waals surface area contributed by atoms with Gasteiger partial charge in [0.15, 0.2) is 0 Å². The molecule has 26 heavy (non-hydrogen) atoms. The number of pyridine rings is 1. The van der Waals surface area contributed by atoms with Crippen LogP contribution in [0.25, 0.3) is 11.3 Å². The first kappa shape index (κ1) is 19.6. The molecule has 2 aromatic rings. The van der Waals surface area contributed by atoms with Gasteiger partial charge in [0.25, 0.3) is 0 Å². The zero-order chi connectivity index (χ0) is 18.9. The molecule has 0 spiro atoms. The number of terminal acetylenes is 1. The van der Waals surface area contributed by atoms with E-state index in [-0.39, 0.29) is 0 Å². The average Bonchev–Trinajstić information content (AvgIpc) is 2.68. The molecule has 0 saturated carbocycles. The monoisotopic (exact) mass is 367 g/mol. The summed E-state index contributed by atoms with van der Waals surface area (Å²) in [5, 5.41) is 0. The minimum atomic E-state index is -0.555. The number of hydrogen-bond donors (Lipinski definition) is 0. The lowest BCUT2D eigenvalue weighted by Gasteiger charge is -2.09. The molecule has 5 heteroatoms. The van der Waals surface area contributed by atoms with E-state index in [0.717, 1.165) is 22.6 Å². The van der Waals surface area contributed by atoms with Crippen molar-refractivity contribution in [2.45, 2.75) is 20.3 Å². The summed E-state index contributed by atoms with van der Waals surface area (Å²) in [6.45, 7) is 4.56. The summed E-state index contributed by atoms with van der Waals surface area (Å²) in [4.78, 5) is 17.4. The van der Waals surface area contributed by atoms with Gasteiger partial charge in [-0.1, -0.05) is 13.3 Å². The van der Waals surface area contributed by atoms with E-state index in [1.54, 1.807) is 11.8 Å². The first-order valence-corrected chi connectivity index (χ1v) is 9.41. The van der Waals surface area contributed by atoms with E-state index < -0.39 is 5.97 Å². The third-order valence-electron chi connectivity index (χ3n) is 3.83. The predicted molar refractivity (Wildman–Crippen MR) is 106 cm³/mol. The van der Waals surface area contributed by atoms with Gasteiger partial charge in [-0.3, -0.25) is 4.98 Å². The number of rotatable bonds is 7. The van der Waals surface area contributed by atoms with Crippen LogP contribution < -0.4 is 4.74 Å². The van der Waals surface area contributed by atoms with Gasteiger partial charge in [0, 0.05) is 11.8 Å². The van der Waals surface area contributed by atoms with Crippen LogP contribution in [0.5, 0.6) is 5.75 Å². The van der Waals surface area contributed by atoms with Crippen molar-refractivity contribution < 1.29 is 14.3 Å². The quantitative estimate of drug-likeness (QED) is 0.524. The Hall–Kier alpha value is -2.71. The predicted octanol–water partition coefficient (Wildman–Crippen LogP) is 4.70. The van der Waals surface area contributed by atoms with Crippen molar-refractivity contribution in [1.82, 2.24) is 4.98 Å². The van der Waals surface area contributed by atoms with Crippen molar-refractivity contribution in [2.24, 2.45) is 0 Å². The van der Waals surface area contributed by atoms with E-state index in [9.17, 15) is 4.79 Å². The number of esters is 1. The van der Waals surface area contributed by atoms with E-state index in [4.69, 9.17) is 11.2 Å². The standard InChI is InChI=1S/C21H21NO3S/c1-5-16-13-20(22-14-19(16)21(23)24-6-2)17-7-9-18(10-8-17)25-12-11-15(3)26-4/h2,7-11,13-14H,5,12H2,1,3-4H3. The van der Waals surface area contributed by atoms with Gasteiger partial charge in [0.2, 0.25) is 0 Å². The average molecular weight is 367 g/mol. The fourth-order valence-corrected chi connectivity index (χ4v) is 2.53. The van der Waals surface area contributed by atoms with Crippen LogP contribution in [0.4, 0.5) is 0 Å². The van der Waals surface area contributed by atoms with Crippen LogP contribution in [0.1, 0.15) is 29.8 Å². The summed E-state index contributed by atoms with van der Waals surface area (Å²) in [6.07, 6.45) is 13.2. The summed E-state index contributed by atoms with van der Waals surface area (Å²) >= 11 is 1.70. The zero-order valence-corrected chi connectivity index (χ0v) is 15.9. The van der Waals surface area contributed by atoms with Gasteiger partial charge >= 0.3 is 5.97 Å². The lowest BCUT2D eigenvalue weighted by molar-refractivity contribution is 0.0689. The minimum absolute atomic E-state index is 0.394. The van der Waals surface area contributed by atoms with Crippen molar-refractivity contribution in [2.75, 3.05) is 12.9 Å². The molecule has 0 bridgehead atoms. The molecule has 0 N–H and O–H groups in total. The number of benzene rings is 1. The summed E-state index contributed by atoms with van der Waals surface area (Å²) in [5.74, 6) is 0.240. The second-order valence-corrected chi connectivity index (χ2v) is 6.49. The summed E-state index contributed by atoms with van der Waals surface area (Å²) in [7, 11) is 0. The highest BCUT2D eigenvalue weighted by Crippen LogP contribution is 2.23. The zero-order valence-electron chi connectivity index (χ0n) is 15.1. The van der Waals surface area contributed by atoms with Crippen LogP contribution in [0.15, 0.2) is 47.5 Å². The van der Waals surface area contributed by atoms with Crippen molar-refractivity contribution in [3.05, 3.63) is 58.6 Å². The number of aromatic nitrogens is 1. The van der Waals surface area contributed by atoms with Crippen LogP contribution in [-0.2, 0) is 11.2 Å². The first-order valence-electron chi connectivity index (χ1n) is 8.18. The first-order chi connectivity index (χ1) is 12.6. The fraction of sp³-hybridized carbons (Fsp3) is 0.238. The Bertz CT molecular complexity index is 835. The molecule has 0 fully saturated rings. The van der Waals surface area contributed by atoms with Gasteiger partial charge in [-0.25, -0.2) is 4.79 Å². The maximum absolute atomic E-state index is 11.9. The number of nitrogens with zero attached hydrogens (tertiary/aromatic N) is 1. The number of hydrogen-bond acceptors (Lipinski definition) is 5. The van der Waals surface area contributed by atoms with Gasteiger partial charge in [0.05, 0.1) is 11.3 Å². The molecule has 0 radical (unpaired) electrons. The van der Waals surface area contributed by atoms with E-state index >= 15 is 0 Å². The van der Waals surface area contributed by atoms with E-state index in [1.165, 1.54) is 11.1 Å². The van der Waals surface area contributed by atoms with Gasteiger partial charge in [-0.2, -0.15) is 0 Å². The molecular formula is C21H21NO3S. The number of aryl methyl sites for hydroxylation is 1. The Morgan fingerprint density at radius 1 is 1.35 bits per heavy atom. The third-order valence-corrected chi connectivity index (χ3v) is 4.65. The normalized spacial score (nSPS) is 10.9. The lowest BCUT2D eigenvalue weighted by Crippen LogP contribution is -2.06. The van der Waals surface area contributed by atoms with Crippen LogP contribution >= 0.6 is 11.8 Å². The number of thioether (sulfide) groups is 1. The second-order valence-electron chi connectivity index (χ2n) is 5.44. The highest BCUT2D eigenvalue weighted by molar-refractivity contribution is 8.02. The summed E-state index contributed by atoms with van der Waals surface area (Å²) < 4.78 is 10.3. The Kier molecular flexibility index (Phi) is 7.31. The molecule has 0 aliphatic heterocycles. The highest BCUT2D eigenvalue weighted by atomic mass is 32.2. The summed E-state index contributed by atoms with van der Waals surface area (Å²) in [6, 6.07) is 9.59. The SMILES string of the molecule is C#COC(=O)c1cnc(-c2ccc(OCC=C(C)SC)cc2)cc1CC. The van der Waals surface area contributed by atoms with Crippen LogP contribution in [-0.4, -0.2) is 23.8 Å². The second kappa shape index (κ2) is 9.69.